The molecule has 1 aromatic carbocycles. The normalized spacial score (nSPS) is 11.8. The van der Waals surface area contributed by atoms with Gasteiger partial charge in [-0.2, -0.15) is 0 Å². The van der Waals surface area contributed by atoms with Crippen LogP contribution in [0.3, 0.4) is 0 Å². The first kappa shape index (κ1) is 17.6. The molecule has 0 spiro atoms. The van der Waals surface area contributed by atoms with Crippen LogP contribution >= 0.6 is 23.2 Å². The number of aliphatic carboxylic acids is 1. The molecule has 0 aliphatic rings. The third kappa shape index (κ3) is 6.69. The first-order chi connectivity index (χ1) is 9.90. The highest BCUT2D eigenvalue weighted by Crippen LogP contribution is 2.29. The Morgan fingerprint density at radius 3 is 2.67 bits per heavy atom. The lowest BCUT2D eigenvalue weighted by Gasteiger charge is -2.12. The van der Waals surface area contributed by atoms with E-state index in [-0.39, 0.29) is 18.4 Å². The minimum atomic E-state index is -0.803. The Balaban J connectivity index is 2.31. The van der Waals surface area contributed by atoms with Crippen molar-refractivity contribution in [2.45, 2.75) is 26.2 Å². The quantitative estimate of drug-likeness (QED) is 0.705. The second-order valence-electron chi connectivity index (χ2n) is 4.81. The number of hydrogen-bond acceptors (Lipinski definition) is 2. The van der Waals surface area contributed by atoms with Crippen molar-refractivity contribution in [2.24, 2.45) is 5.92 Å². The molecule has 7 heteroatoms. The first-order valence-electron chi connectivity index (χ1n) is 6.60. The fourth-order valence-electron chi connectivity index (χ4n) is 1.71. The summed E-state index contributed by atoms with van der Waals surface area (Å²) in [6, 6.07) is 4.61. The Hall–Kier alpha value is -1.46. The molecular formula is C14H18Cl2N2O3. The molecule has 0 heterocycles. The third-order valence-corrected chi connectivity index (χ3v) is 3.79. The van der Waals surface area contributed by atoms with Crippen LogP contribution in [0.15, 0.2) is 18.2 Å². The maximum absolute atomic E-state index is 11.7. The largest absolute Gasteiger partial charge is 0.481 e. The summed E-state index contributed by atoms with van der Waals surface area (Å²) in [5, 5.41) is 14.6. The van der Waals surface area contributed by atoms with Crippen LogP contribution in [0, 0.1) is 5.92 Å². The maximum Gasteiger partial charge on any atom is 0.319 e. The number of urea groups is 1. The summed E-state index contributed by atoms with van der Waals surface area (Å²) in [5.41, 5.74) is 0.445. The van der Waals surface area contributed by atoms with E-state index in [9.17, 15) is 9.59 Å². The van der Waals surface area contributed by atoms with E-state index < -0.39 is 5.97 Å². The maximum atomic E-state index is 11.7. The van der Waals surface area contributed by atoms with Crippen molar-refractivity contribution in [3.63, 3.8) is 0 Å². The molecule has 21 heavy (non-hydrogen) atoms. The van der Waals surface area contributed by atoms with Gasteiger partial charge in [-0.05, 0) is 30.9 Å². The van der Waals surface area contributed by atoms with E-state index in [0.29, 0.717) is 35.1 Å². The van der Waals surface area contributed by atoms with Crippen molar-refractivity contribution in [3.05, 3.63) is 28.2 Å². The Kier molecular flexibility index (Phi) is 7.32. The molecule has 2 amide bonds. The van der Waals surface area contributed by atoms with E-state index in [0.717, 1.165) is 0 Å². The molecule has 0 aliphatic heterocycles. The van der Waals surface area contributed by atoms with Gasteiger partial charge >= 0.3 is 12.0 Å². The molecule has 1 unspecified atom stereocenters. The monoisotopic (exact) mass is 332 g/mol. The number of hydrogen-bond donors (Lipinski definition) is 3. The average Bonchev–Trinajstić information content (AvgIpc) is 2.41. The molecule has 116 valence electrons. The van der Waals surface area contributed by atoms with Gasteiger partial charge in [0.15, 0.2) is 0 Å². The number of carbonyl (C=O) groups is 2. The van der Waals surface area contributed by atoms with E-state index >= 15 is 0 Å². The molecule has 0 aromatic heterocycles. The minimum absolute atomic E-state index is 0.144. The summed E-state index contributed by atoms with van der Waals surface area (Å²) in [6.07, 6.45) is 1.45. The topological polar surface area (TPSA) is 78.4 Å². The Morgan fingerprint density at radius 1 is 1.29 bits per heavy atom. The molecular weight excluding hydrogens is 315 g/mol. The van der Waals surface area contributed by atoms with E-state index in [1.165, 1.54) is 0 Å². The van der Waals surface area contributed by atoms with Crippen molar-refractivity contribution in [1.29, 1.82) is 0 Å². The lowest BCUT2D eigenvalue weighted by molar-refractivity contribution is -0.137. The molecule has 1 aromatic rings. The van der Waals surface area contributed by atoms with Crippen LogP contribution in [0.5, 0.6) is 0 Å². The molecule has 0 aliphatic carbocycles. The van der Waals surface area contributed by atoms with E-state index in [4.69, 9.17) is 28.3 Å². The van der Waals surface area contributed by atoms with Crippen molar-refractivity contribution >= 4 is 40.9 Å². The molecule has 0 saturated heterocycles. The fourth-order valence-corrected chi connectivity index (χ4v) is 2.06. The van der Waals surface area contributed by atoms with Crippen LogP contribution in [0.1, 0.15) is 26.2 Å². The van der Waals surface area contributed by atoms with Gasteiger partial charge in [-0.15, -0.1) is 0 Å². The SMILES string of the molecule is CC(CCNC(=O)Nc1cccc(Cl)c1Cl)CCC(=O)O. The van der Waals surface area contributed by atoms with Crippen LogP contribution in [-0.4, -0.2) is 23.7 Å². The Bertz CT molecular complexity index is 509. The summed E-state index contributed by atoms with van der Waals surface area (Å²) in [4.78, 5) is 22.2. The van der Waals surface area contributed by atoms with Gasteiger partial charge in [-0.1, -0.05) is 36.2 Å². The molecule has 3 N–H and O–H groups in total. The number of anilines is 1. The highest BCUT2D eigenvalue weighted by Gasteiger charge is 2.09. The molecule has 0 saturated carbocycles. The standard InChI is InChI=1S/C14H18Cl2N2O3/c1-9(5-6-12(19)20)7-8-17-14(21)18-11-4-2-3-10(15)13(11)16/h2-4,9H,5-8H2,1H3,(H,19,20)(H2,17,18,21). The zero-order chi connectivity index (χ0) is 15.8. The summed E-state index contributed by atoms with van der Waals surface area (Å²) in [7, 11) is 0. The van der Waals surface area contributed by atoms with Gasteiger partial charge in [0.1, 0.15) is 0 Å². The van der Waals surface area contributed by atoms with Crippen LogP contribution in [0.4, 0.5) is 10.5 Å². The predicted octanol–water partition coefficient (Wildman–Crippen LogP) is 4.01. The summed E-state index contributed by atoms with van der Waals surface area (Å²) >= 11 is 11.8. The van der Waals surface area contributed by atoms with Crippen LogP contribution in [0.2, 0.25) is 10.0 Å². The molecule has 0 fully saturated rings. The lowest BCUT2D eigenvalue weighted by atomic mass is 10.0. The number of benzene rings is 1. The average molecular weight is 333 g/mol. The van der Waals surface area contributed by atoms with Crippen LogP contribution in [-0.2, 0) is 4.79 Å². The number of carboxylic acid groups (broad SMARTS) is 1. The van der Waals surface area contributed by atoms with Crippen molar-refractivity contribution < 1.29 is 14.7 Å². The number of carboxylic acids is 1. The molecule has 1 rings (SSSR count). The molecule has 1 atom stereocenters. The predicted molar refractivity (Wildman–Crippen MR) is 84.1 cm³/mol. The van der Waals surface area contributed by atoms with Crippen LogP contribution in [0.25, 0.3) is 0 Å². The van der Waals surface area contributed by atoms with Crippen molar-refractivity contribution in [1.82, 2.24) is 5.32 Å². The summed E-state index contributed by atoms with van der Waals surface area (Å²) in [6.45, 7) is 2.42. The molecule has 0 radical (unpaired) electrons. The second kappa shape index (κ2) is 8.74. The number of rotatable bonds is 7. The van der Waals surface area contributed by atoms with E-state index in [1.54, 1.807) is 18.2 Å². The van der Waals surface area contributed by atoms with Gasteiger partial charge < -0.3 is 15.7 Å². The zero-order valence-electron chi connectivity index (χ0n) is 11.7. The highest BCUT2D eigenvalue weighted by atomic mass is 35.5. The summed E-state index contributed by atoms with van der Waals surface area (Å²) in [5.74, 6) is -0.570. The van der Waals surface area contributed by atoms with Crippen molar-refractivity contribution in [3.8, 4) is 0 Å². The highest BCUT2D eigenvalue weighted by molar-refractivity contribution is 6.43. The van der Waals surface area contributed by atoms with Gasteiger partial charge in [-0.3, -0.25) is 4.79 Å². The van der Waals surface area contributed by atoms with Gasteiger partial charge in [-0.25, -0.2) is 4.79 Å². The van der Waals surface area contributed by atoms with Gasteiger partial charge in [0, 0.05) is 13.0 Å². The van der Waals surface area contributed by atoms with E-state index in [2.05, 4.69) is 10.6 Å². The number of amides is 2. The lowest BCUT2D eigenvalue weighted by Crippen LogP contribution is -2.30. The number of nitrogens with one attached hydrogen (secondary N) is 2. The van der Waals surface area contributed by atoms with E-state index in [1.807, 2.05) is 6.92 Å². The minimum Gasteiger partial charge on any atom is -0.481 e. The first-order valence-corrected chi connectivity index (χ1v) is 7.36. The number of carbonyl (C=O) groups excluding carboxylic acids is 1. The third-order valence-electron chi connectivity index (χ3n) is 2.97. The summed E-state index contributed by atoms with van der Waals surface area (Å²) < 4.78 is 0. The zero-order valence-corrected chi connectivity index (χ0v) is 13.2. The fraction of sp³-hybridized carbons (Fsp3) is 0.429. The Morgan fingerprint density at radius 2 is 2.00 bits per heavy atom. The second-order valence-corrected chi connectivity index (χ2v) is 5.59. The molecule has 0 bridgehead atoms. The Labute approximate surface area is 133 Å². The smallest absolute Gasteiger partial charge is 0.319 e. The van der Waals surface area contributed by atoms with Gasteiger partial charge in [0.2, 0.25) is 0 Å². The number of halogens is 2. The van der Waals surface area contributed by atoms with Crippen LogP contribution < -0.4 is 10.6 Å². The van der Waals surface area contributed by atoms with Gasteiger partial charge in [0.25, 0.3) is 0 Å². The van der Waals surface area contributed by atoms with Crippen molar-refractivity contribution in [2.75, 3.05) is 11.9 Å². The molecule has 5 nitrogen and oxygen atoms in total. The van der Waals surface area contributed by atoms with Gasteiger partial charge in [0.05, 0.1) is 15.7 Å².